The summed E-state index contributed by atoms with van der Waals surface area (Å²) < 4.78 is 0. The number of alkyl halides is 1. The predicted octanol–water partition coefficient (Wildman–Crippen LogP) is 1.84. The maximum absolute atomic E-state index is 12.1. The van der Waals surface area contributed by atoms with Gasteiger partial charge in [-0.3, -0.25) is 9.59 Å². The van der Waals surface area contributed by atoms with Gasteiger partial charge in [-0.15, -0.1) is 0 Å². The molecule has 0 heterocycles. The molecule has 0 aromatic heterocycles. The van der Waals surface area contributed by atoms with Crippen molar-refractivity contribution in [1.29, 1.82) is 0 Å². The Morgan fingerprint density at radius 1 is 1.57 bits per heavy atom. The lowest BCUT2D eigenvalue weighted by atomic mass is 9.71. The zero-order valence-corrected chi connectivity index (χ0v) is 9.80. The number of rotatable bonds is 1. The third-order valence-electron chi connectivity index (χ3n) is 3.97. The Morgan fingerprint density at radius 2 is 2.14 bits per heavy atom. The molecule has 0 aromatic rings. The molecule has 78 valence electrons. The number of halogens is 1. The summed E-state index contributed by atoms with van der Waals surface area (Å²) in [5.41, 5.74) is -1.63. The van der Waals surface area contributed by atoms with Crippen molar-refractivity contribution in [3.8, 4) is 0 Å². The second-order valence-electron chi connectivity index (χ2n) is 4.87. The third kappa shape index (κ3) is 0.835. The smallest absolute Gasteiger partial charge is 0.318 e. The maximum atomic E-state index is 12.1. The van der Waals surface area contributed by atoms with Crippen LogP contribution in [-0.4, -0.2) is 21.7 Å². The fourth-order valence-corrected chi connectivity index (χ4v) is 4.60. The average Bonchev–Trinajstić information content (AvgIpc) is 2.47. The number of carbonyl (C=O) groups excluding carboxylic acids is 1. The van der Waals surface area contributed by atoms with Gasteiger partial charge in [-0.25, -0.2) is 0 Å². The lowest BCUT2D eigenvalue weighted by molar-refractivity contribution is -0.155. The van der Waals surface area contributed by atoms with Gasteiger partial charge < -0.3 is 5.11 Å². The van der Waals surface area contributed by atoms with E-state index >= 15 is 0 Å². The van der Waals surface area contributed by atoms with Crippen molar-refractivity contribution in [1.82, 2.24) is 0 Å². The molecule has 4 heteroatoms. The second-order valence-corrected chi connectivity index (χ2v) is 5.86. The van der Waals surface area contributed by atoms with Crippen LogP contribution in [0.5, 0.6) is 0 Å². The Balaban J connectivity index is 2.55. The lowest BCUT2D eigenvalue weighted by Crippen LogP contribution is -2.43. The van der Waals surface area contributed by atoms with E-state index in [0.717, 1.165) is 6.42 Å². The standard InChI is InChI=1S/C10H13BrO3/c1-9(2)5-3-4-10(6(5)11,7(9)12)8(13)14/h5-6H,3-4H2,1-2H3,(H,13,14)/t5-,6+,10-/m1/s1. The molecule has 2 aliphatic rings. The van der Waals surface area contributed by atoms with Crippen molar-refractivity contribution < 1.29 is 14.7 Å². The van der Waals surface area contributed by atoms with Crippen molar-refractivity contribution in [2.75, 3.05) is 0 Å². The fraction of sp³-hybridized carbons (Fsp3) is 0.800. The summed E-state index contributed by atoms with van der Waals surface area (Å²) in [5.74, 6) is -0.890. The van der Waals surface area contributed by atoms with Crippen LogP contribution in [0.3, 0.4) is 0 Å². The summed E-state index contributed by atoms with van der Waals surface area (Å²) in [6, 6.07) is 0. The van der Waals surface area contributed by atoms with E-state index in [1.54, 1.807) is 0 Å². The minimum Gasteiger partial charge on any atom is -0.480 e. The van der Waals surface area contributed by atoms with Crippen LogP contribution in [-0.2, 0) is 9.59 Å². The first-order chi connectivity index (χ1) is 6.35. The summed E-state index contributed by atoms with van der Waals surface area (Å²) >= 11 is 3.40. The number of carbonyl (C=O) groups is 2. The van der Waals surface area contributed by atoms with E-state index < -0.39 is 16.8 Å². The first-order valence-electron chi connectivity index (χ1n) is 4.77. The summed E-state index contributed by atoms with van der Waals surface area (Å²) in [6.45, 7) is 3.72. The number of hydrogen-bond acceptors (Lipinski definition) is 2. The van der Waals surface area contributed by atoms with Crippen LogP contribution in [0.4, 0.5) is 0 Å². The minimum atomic E-state index is -1.14. The van der Waals surface area contributed by atoms with E-state index in [2.05, 4.69) is 15.9 Å². The van der Waals surface area contributed by atoms with E-state index in [0.29, 0.717) is 6.42 Å². The Bertz CT molecular complexity index is 323. The number of aliphatic carboxylic acids is 1. The predicted molar refractivity (Wildman–Crippen MR) is 54.3 cm³/mol. The van der Waals surface area contributed by atoms with Crippen LogP contribution in [0.15, 0.2) is 0 Å². The lowest BCUT2D eigenvalue weighted by Gasteiger charge is -2.30. The molecule has 2 saturated carbocycles. The van der Waals surface area contributed by atoms with Crippen molar-refractivity contribution >= 4 is 27.7 Å². The molecule has 0 aromatic carbocycles. The number of fused-ring (bicyclic) bond motifs is 2. The molecule has 2 bridgehead atoms. The highest BCUT2D eigenvalue weighted by atomic mass is 79.9. The average molecular weight is 261 g/mol. The Kier molecular flexibility index (Phi) is 1.88. The zero-order valence-electron chi connectivity index (χ0n) is 8.21. The molecule has 3 atom stereocenters. The molecular weight excluding hydrogens is 248 g/mol. The van der Waals surface area contributed by atoms with Gasteiger partial charge >= 0.3 is 5.97 Å². The molecule has 3 nitrogen and oxygen atoms in total. The van der Waals surface area contributed by atoms with Gasteiger partial charge in [0.15, 0.2) is 5.78 Å². The monoisotopic (exact) mass is 260 g/mol. The quantitative estimate of drug-likeness (QED) is 0.578. The molecule has 0 radical (unpaired) electrons. The molecule has 0 spiro atoms. The van der Waals surface area contributed by atoms with Crippen molar-refractivity contribution in [3.63, 3.8) is 0 Å². The van der Waals surface area contributed by atoms with Gasteiger partial charge in [-0.2, -0.15) is 0 Å². The van der Waals surface area contributed by atoms with Crippen LogP contribution < -0.4 is 0 Å². The Labute approximate surface area is 91.0 Å². The van der Waals surface area contributed by atoms with Gasteiger partial charge in [-0.05, 0) is 18.8 Å². The number of carboxylic acid groups (broad SMARTS) is 1. The van der Waals surface area contributed by atoms with Gasteiger partial charge in [0.05, 0.1) is 0 Å². The molecule has 1 N–H and O–H groups in total. The number of Topliss-reactive ketones (excluding diaryl/α,β-unsaturated/α-hetero) is 1. The van der Waals surface area contributed by atoms with E-state index in [-0.39, 0.29) is 16.5 Å². The molecule has 2 rings (SSSR count). The molecule has 0 saturated heterocycles. The summed E-state index contributed by atoms with van der Waals surface area (Å²) in [7, 11) is 0. The van der Waals surface area contributed by atoms with Crippen LogP contribution in [0.2, 0.25) is 0 Å². The third-order valence-corrected chi connectivity index (χ3v) is 5.39. The maximum Gasteiger partial charge on any atom is 0.318 e. The van der Waals surface area contributed by atoms with Gasteiger partial charge in [0.1, 0.15) is 5.41 Å². The SMILES string of the molecule is CC1(C)C(=O)[C@@]2(C(=O)O)CC[C@@H]1[C@@H]2Br. The summed E-state index contributed by atoms with van der Waals surface area (Å²) in [5, 5.41) is 9.21. The molecule has 2 aliphatic carbocycles. The number of ketones is 1. The molecule has 14 heavy (non-hydrogen) atoms. The zero-order chi connectivity index (χ0) is 10.7. The molecule has 0 aliphatic heterocycles. The number of hydrogen-bond donors (Lipinski definition) is 1. The van der Waals surface area contributed by atoms with Crippen LogP contribution in [0.1, 0.15) is 26.7 Å². The molecule has 0 amide bonds. The highest BCUT2D eigenvalue weighted by molar-refractivity contribution is 9.09. The Hall–Kier alpha value is -0.380. The first kappa shape index (κ1) is 10.1. The number of carboxylic acids is 1. The highest BCUT2D eigenvalue weighted by Gasteiger charge is 2.70. The van der Waals surface area contributed by atoms with Crippen molar-refractivity contribution in [3.05, 3.63) is 0 Å². The Morgan fingerprint density at radius 3 is 2.43 bits per heavy atom. The van der Waals surface area contributed by atoms with Gasteiger partial charge in [0.25, 0.3) is 0 Å². The van der Waals surface area contributed by atoms with E-state index in [1.807, 2.05) is 13.8 Å². The largest absolute Gasteiger partial charge is 0.480 e. The highest BCUT2D eigenvalue weighted by Crippen LogP contribution is 2.62. The fourth-order valence-electron chi connectivity index (χ4n) is 3.04. The van der Waals surface area contributed by atoms with Gasteiger partial charge in [0, 0.05) is 10.2 Å². The van der Waals surface area contributed by atoms with Gasteiger partial charge in [0.2, 0.25) is 0 Å². The van der Waals surface area contributed by atoms with E-state index in [9.17, 15) is 14.7 Å². The normalized spacial score (nSPS) is 44.4. The van der Waals surface area contributed by atoms with Crippen molar-refractivity contribution in [2.45, 2.75) is 31.5 Å². The van der Waals surface area contributed by atoms with E-state index in [4.69, 9.17) is 0 Å². The van der Waals surface area contributed by atoms with Crippen LogP contribution in [0.25, 0.3) is 0 Å². The van der Waals surface area contributed by atoms with Gasteiger partial charge in [-0.1, -0.05) is 29.8 Å². The summed E-state index contributed by atoms with van der Waals surface area (Å²) in [4.78, 5) is 23.1. The summed E-state index contributed by atoms with van der Waals surface area (Å²) in [6.07, 6.45) is 1.33. The van der Waals surface area contributed by atoms with Crippen LogP contribution >= 0.6 is 15.9 Å². The first-order valence-corrected chi connectivity index (χ1v) is 5.69. The second kappa shape index (κ2) is 2.60. The topological polar surface area (TPSA) is 54.4 Å². The molecule has 2 fully saturated rings. The molecular formula is C10H13BrO3. The minimum absolute atomic E-state index is 0.101. The molecule has 0 unspecified atom stereocenters. The van der Waals surface area contributed by atoms with Crippen LogP contribution in [0, 0.1) is 16.7 Å². The van der Waals surface area contributed by atoms with Crippen molar-refractivity contribution in [2.24, 2.45) is 16.7 Å². The van der Waals surface area contributed by atoms with E-state index in [1.165, 1.54) is 0 Å².